The van der Waals surface area contributed by atoms with Crippen LogP contribution in [0.4, 0.5) is 0 Å². The average molecular weight is 267 g/mol. The molecule has 1 atom stereocenters. The smallest absolute Gasteiger partial charge is 0.180 e. The summed E-state index contributed by atoms with van der Waals surface area (Å²) in [6, 6.07) is 5.28. The van der Waals surface area contributed by atoms with Crippen molar-refractivity contribution in [3.8, 4) is 17.6 Å². The van der Waals surface area contributed by atoms with Crippen molar-refractivity contribution in [2.45, 2.75) is 12.5 Å². The van der Waals surface area contributed by atoms with Crippen LogP contribution in [-0.4, -0.2) is 38.3 Å². The monoisotopic (exact) mass is 266 g/mol. The minimum absolute atomic E-state index is 0.120. The zero-order valence-corrected chi connectivity index (χ0v) is 11.2. The summed E-state index contributed by atoms with van der Waals surface area (Å²) in [7, 11) is 3.60. The maximum Gasteiger partial charge on any atom is 0.180 e. The van der Waals surface area contributed by atoms with E-state index in [4.69, 9.17) is 26.3 Å². The number of likely N-dealkylation sites (N-methyl/N-ethyl adjacent to an activating group) is 1. The third kappa shape index (κ3) is 2.69. The van der Waals surface area contributed by atoms with Gasteiger partial charge < -0.3 is 14.4 Å². The number of methoxy groups -OCH3 is 1. The van der Waals surface area contributed by atoms with Gasteiger partial charge in [-0.05, 0) is 19.5 Å². The maximum absolute atomic E-state index is 8.88. The molecule has 1 aromatic carbocycles. The Hall–Kier alpha value is -1.44. The molecule has 0 aliphatic carbocycles. The Balaban J connectivity index is 2.24. The van der Waals surface area contributed by atoms with Gasteiger partial charge in [0, 0.05) is 19.2 Å². The molecule has 1 fully saturated rings. The predicted molar refractivity (Wildman–Crippen MR) is 69.2 cm³/mol. The highest BCUT2D eigenvalue weighted by Crippen LogP contribution is 2.37. The summed E-state index contributed by atoms with van der Waals surface area (Å²) < 4.78 is 11.1. The Morgan fingerprint density at radius 3 is 2.83 bits per heavy atom. The summed E-state index contributed by atoms with van der Waals surface area (Å²) in [5.41, 5.74) is 0.465. The molecule has 1 saturated heterocycles. The summed E-state index contributed by atoms with van der Waals surface area (Å²) >= 11 is 6.14. The first-order valence-electron chi connectivity index (χ1n) is 5.77. The molecule has 96 valence electrons. The first-order chi connectivity index (χ1) is 8.63. The summed E-state index contributed by atoms with van der Waals surface area (Å²) in [4.78, 5) is 2.20. The Labute approximate surface area is 112 Å². The van der Waals surface area contributed by atoms with Crippen LogP contribution in [0.25, 0.3) is 0 Å². The first-order valence-corrected chi connectivity index (χ1v) is 6.14. The van der Waals surface area contributed by atoms with Crippen LogP contribution in [0.5, 0.6) is 11.5 Å². The Bertz CT molecular complexity index is 485. The lowest BCUT2D eigenvalue weighted by atomic mass is 10.2. The van der Waals surface area contributed by atoms with Crippen molar-refractivity contribution < 1.29 is 9.47 Å². The predicted octanol–water partition coefficient (Wildman–Crippen LogP) is 2.30. The lowest BCUT2D eigenvalue weighted by Crippen LogP contribution is -2.21. The fourth-order valence-corrected chi connectivity index (χ4v) is 2.31. The molecule has 1 aliphatic rings. The number of likely N-dealkylation sites (tertiary alicyclic amines) is 1. The van der Waals surface area contributed by atoms with Gasteiger partial charge in [-0.2, -0.15) is 5.26 Å². The van der Waals surface area contributed by atoms with Gasteiger partial charge >= 0.3 is 0 Å². The van der Waals surface area contributed by atoms with E-state index >= 15 is 0 Å². The summed E-state index contributed by atoms with van der Waals surface area (Å²) in [6.07, 6.45) is 1.09. The molecular formula is C13H15ClN2O2. The van der Waals surface area contributed by atoms with Crippen LogP contribution >= 0.6 is 11.6 Å². The number of hydrogen-bond acceptors (Lipinski definition) is 4. The Kier molecular flexibility index (Phi) is 3.95. The normalized spacial score (nSPS) is 19.6. The molecule has 4 nitrogen and oxygen atoms in total. The zero-order chi connectivity index (χ0) is 13.1. The van der Waals surface area contributed by atoms with E-state index in [0.717, 1.165) is 19.5 Å². The second-order valence-electron chi connectivity index (χ2n) is 4.39. The number of nitriles is 1. The molecule has 1 aliphatic heterocycles. The topological polar surface area (TPSA) is 45.5 Å². The summed E-state index contributed by atoms with van der Waals surface area (Å²) in [6.45, 7) is 1.89. The second kappa shape index (κ2) is 5.47. The number of nitrogens with zero attached hydrogens (tertiary/aromatic N) is 2. The lowest BCUT2D eigenvalue weighted by molar-refractivity contribution is 0.199. The molecule has 18 heavy (non-hydrogen) atoms. The molecule has 0 amide bonds. The number of ether oxygens (including phenoxy) is 2. The molecule has 0 aromatic heterocycles. The van der Waals surface area contributed by atoms with E-state index in [1.165, 1.54) is 0 Å². The molecule has 0 saturated carbocycles. The molecule has 1 unspecified atom stereocenters. The number of halogens is 1. The molecule has 2 rings (SSSR count). The van der Waals surface area contributed by atoms with E-state index < -0.39 is 0 Å². The molecule has 1 heterocycles. The van der Waals surface area contributed by atoms with Gasteiger partial charge in [-0.25, -0.2) is 0 Å². The second-order valence-corrected chi connectivity index (χ2v) is 4.80. The minimum Gasteiger partial charge on any atom is -0.493 e. The highest BCUT2D eigenvalue weighted by atomic mass is 35.5. The molecule has 0 N–H and O–H groups in total. The lowest BCUT2D eigenvalue weighted by Gasteiger charge is -2.17. The van der Waals surface area contributed by atoms with Gasteiger partial charge in [0.2, 0.25) is 0 Å². The third-order valence-electron chi connectivity index (χ3n) is 2.99. The zero-order valence-electron chi connectivity index (χ0n) is 10.4. The number of benzene rings is 1. The largest absolute Gasteiger partial charge is 0.493 e. The number of rotatable bonds is 3. The van der Waals surface area contributed by atoms with E-state index in [0.29, 0.717) is 22.1 Å². The maximum atomic E-state index is 8.88. The van der Waals surface area contributed by atoms with Crippen molar-refractivity contribution in [2.24, 2.45) is 0 Å². The van der Waals surface area contributed by atoms with Crippen molar-refractivity contribution in [2.75, 3.05) is 27.2 Å². The van der Waals surface area contributed by atoms with Crippen LogP contribution < -0.4 is 9.47 Å². The van der Waals surface area contributed by atoms with Gasteiger partial charge in [0.15, 0.2) is 11.5 Å². The van der Waals surface area contributed by atoms with Gasteiger partial charge in [-0.15, -0.1) is 0 Å². The van der Waals surface area contributed by atoms with Crippen molar-refractivity contribution in [3.05, 3.63) is 22.7 Å². The van der Waals surface area contributed by atoms with Gasteiger partial charge in [-0.3, -0.25) is 0 Å². The van der Waals surface area contributed by atoms with Crippen molar-refractivity contribution >= 4 is 11.6 Å². The molecule has 1 aromatic rings. The fraction of sp³-hybridized carbons (Fsp3) is 0.462. The standard InChI is InChI=1S/C13H15ClN2O2/c1-16-4-3-10(8-16)18-13-11(14)5-9(7-15)6-12(13)17-2/h5-6,10H,3-4,8H2,1-2H3. The van der Waals surface area contributed by atoms with Crippen molar-refractivity contribution in [1.29, 1.82) is 5.26 Å². The van der Waals surface area contributed by atoms with E-state index in [-0.39, 0.29) is 6.10 Å². The van der Waals surface area contributed by atoms with Gasteiger partial charge in [0.1, 0.15) is 6.10 Å². The van der Waals surface area contributed by atoms with Crippen LogP contribution in [0.1, 0.15) is 12.0 Å². The van der Waals surface area contributed by atoms with E-state index in [1.54, 1.807) is 19.2 Å². The van der Waals surface area contributed by atoms with E-state index in [1.807, 2.05) is 6.07 Å². The van der Waals surface area contributed by atoms with Crippen LogP contribution in [0.2, 0.25) is 5.02 Å². The molecule has 0 spiro atoms. The van der Waals surface area contributed by atoms with Gasteiger partial charge in [-0.1, -0.05) is 11.6 Å². The van der Waals surface area contributed by atoms with Crippen molar-refractivity contribution in [3.63, 3.8) is 0 Å². The molecule has 5 heteroatoms. The van der Waals surface area contributed by atoms with Crippen molar-refractivity contribution in [1.82, 2.24) is 4.90 Å². The van der Waals surface area contributed by atoms with Crippen LogP contribution in [0, 0.1) is 11.3 Å². The van der Waals surface area contributed by atoms with Gasteiger partial charge in [0.25, 0.3) is 0 Å². The van der Waals surface area contributed by atoms with Gasteiger partial charge in [0.05, 0.1) is 23.8 Å². The Morgan fingerprint density at radius 2 is 2.28 bits per heavy atom. The van der Waals surface area contributed by atoms with E-state index in [9.17, 15) is 0 Å². The highest BCUT2D eigenvalue weighted by molar-refractivity contribution is 6.32. The van der Waals surface area contributed by atoms with Crippen LogP contribution in [0.15, 0.2) is 12.1 Å². The highest BCUT2D eigenvalue weighted by Gasteiger charge is 2.23. The van der Waals surface area contributed by atoms with E-state index in [2.05, 4.69) is 11.9 Å². The quantitative estimate of drug-likeness (QED) is 0.842. The number of hydrogen-bond donors (Lipinski definition) is 0. The Morgan fingerprint density at radius 1 is 1.50 bits per heavy atom. The third-order valence-corrected chi connectivity index (χ3v) is 3.27. The van der Waals surface area contributed by atoms with Crippen LogP contribution in [-0.2, 0) is 0 Å². The van der Waals surface area contributed by atoms with Crippen LogP contribution in [0.3, 0.4) is 0 Å². The summed E-state index contributed by atoms with van der Waals surface area (Å²) in [5, 5.41) is 9.30. The SMILES string of the molecule is COc1cc(C#N)cc(Cl)c1OC1CCN(C)C1. The molecule has 0 radical (unpaired) electrons. The fourth-order valence-electron chi connectivity index (χ4n) is 2.06. The first kappa shape index (κ1) is 13.0. The molecular weight excluding hydrogens is 252 g/mol. The minimum atomic E-state index is 0.120. The summed E-state index contributed by atoms with van der Waals surface area (Å²) in [5.74, 6) is 1.03. The average Bonchev–Trinajstić information content (AvgIpc) is 2.77. The molecule has 0 bridgehead atoms.